The lowest BCUT2D eigenvalue weighted by Gasteiger charge is -2.23. The second kappa shape index (κ2) is 9.50. The van der Waals surface area contributed by atoms with E-state index in [2.05, 4.69) is 86.2 Å². The third-order valence-corrected chi connectivity index (χ3v) is 4.89. The lowest BCUT2D eigenvalue weighted by atomic mass is 10.1. The molecular weight excluding hydrogens is 358 g/mol. The summed E-state index contributed by atoms with van der Waals surface area (Å²) in [6.45, 7) is 12.3. The Morgan fingerprint density at radius 1 is 0.897 bits per heavy atom. The Labute approximate surface area is 174 Å². The highest BCUT2D eigenvalue weighted by molar-refractivity contribution is 5.64. The number of hydrogen-bond acceptors (Lipinski definition) is 5. The zero-order valence-corrected chi connectivity index (χ0v) is 18.2. The molecule has 1 heterocycles. The molecule has 5 nitrogen and oxygen atoms in total. The van der Waals surface area contributed by atoms with Gasteiger partial charge in [-0.1, -0.05) is 61.9 Å². The number of nitrogens with one attached hydrogen (secondary N) is 1. The van der Waals surface area contributed by atoms with E-state index in [0.29, 0.717) is 5.95 Å². The fraction of sp³-hybridized carbons (Fsp3) is 0.375. The minimum absolute atomic E-state index is 0.607. The first kappa shape index (κ1) is 20.8. The average molecular weight is 390 g/mol. The molecule has 0 aliphatic rings. The van der Waals surface area contributed by atoms with E-state index >= 15 is 0 Å². The molecule has 0 aliphatic heterocycles. The van der Waals surface area contributed by atoms with Gasteiger partial charge in [0.15, 0.2) is 0 Å². The third-order valence-electron chi connectivity index (χ3n) is 4.89. The normalized spacial score (nSPS) is 10.8. The van der Waals surface area contributed by atoms with Crippen molar-refractivity contribution in [2.24, 2.45) is 0 Å². The lowest BCUT2D eigenvalue weighted by molar-refractivity contribution is 0.727. The molecule has 152 valence electrons. The summed E-state index contributed by atoms with van der Waals surface area (Å²) in [5.74, 6) is 2.14. The van der Waals surface area contributed by atoms with Gasteiger partial charge in [0.25, 0.3) is 0 Å². The van der Waals surface area contributed by atoms with Crippen LogP contribution < -0.4 is 10.2 Å². The lowest BCUT2D eigenvalue weighted by Crippen LogP contribution is -2.26. The van der Waals surface area contributed by atoms with Crippen LogP contribution in [0.2, 0.25) is 0 Å². The molecular formula is C24H31N5. The fourth-order valence-electron chi connectivity index (χ4n) is 3.58. The molecule has 0 radical (unpaired) electrons. The van der Waals surface area contributed by atoms with Gasteiger partial charge >= 0.3 is 0 Å². The van der Waals surface area contributed by atoms with Crippen molar-refractivity contribution < 1.29 is 0 Å². The van der Waals surface area contributed by atoms with Crippen molar-refractivity contribution in [2.45, 2.75) is 54.0 Å². The number of anilines is 3. The summed E-state index contributed by atoms with van der Waals surface area (Å²) in [6, 6.07) is 14.8. The van der Waals surface area contributed by atoms with Gasteiger partial charge in [0.05, 0.1) is 0 Å². The van der Waals surface area contributed by atoms with Crippen LogP contribution in [0.15, 0.2) is 42.5 Å². The molecule has 0 spiro atoms. The molecule has 0 atom stereocenters. The topological polar surface area (TPSA) is 53.9 Å². The van der Waals surface area contributed by atoms with Crippen LogP contribution in [0.5, 0.6) is 0 Å². The summed E-state index contributed by atoms with van der Waals surface area (Å²) in [7, 11) is 0. The number of aryl methyl sites for hydroxylation is 4. The van der Waals surface area contributed by atoms with E-state index in [4.69, 9.17) is 9.97 Å². The molecule has 0 saturated carbocycles. The summed E-state index contributed by atoms with van der Waals surface area (Å²) in [5.41, 5.74) is 5.96. The maximum atomic E-state index is 4.79. The largest absolute Gasteiger partial charge is 0.336 e. The molecule has 0 aliphatic carbocycles. The van der Waals surface area contributed by atoms with Crippen LogP contribution in [-0.2, 0) is 13.0 Å². The van der Waals surface area contributed by atoms with Gasteiger partial charge in [0, 0.05) is 25.2 Å². The van der Waals surface area contributed by atoms with Gasteiger partial charge in [-0.15, -0.1) is 0 Å². The fourth-order valence-corrected chi connectivity index (χ4v) is 3.58. The first-order valence-electron chi connectivity index (χ1n) is 10.4. The Hall–Kier alpha value is -2.95. The van der Waals surface area contributed by atoms with E-state index in [1.54, 1.807) is 0 Å². The minimum Gasteiger partial charge on any atom is -0.336 e. The van der Waals surface area contributed by atoms with Crippen molar-refractivity contribution in [3.8, 4) is 0 Å². The second-order valence-electron chi connectivity index (χ2n) is 7.53. The van der Waals surface area contributed by atoms with Crippen LogP contribution in [0, 0.1) is 20.8 Å². The van der Waals surface area contributed by atoms with E-state index < -0.39 is 0 Å². The zero-order valence-electron chi connectivity index (χ0n) is 18.2. The molecule has 2 aromatic carbocycles. The van der Waals surface area contributed by atoms with Gasteiger partial charge in [0.2, 0.25) is 11.9 Å². The van der Waals surface area contributed by atoms with Gasteiger partial charge in [-0.3, -0.25) is 0 Å². The SMILES string of the molecule is CCCN(Cc1ccccc1)c1nc(CC)nc(Nc2c(C)cc(C)cc2C)n1. The van der Waals surface area contributed by atoms with E-state index in [9.17, 15) is 0 Å². The minimum atomic E-state index is 0.607. The Morgan fingerprint density at radius 2 is 1.59 bits per heavy atom. The Balaban J connectivity index is 1.95. The zero-order chi connectivity index (χ0) is 20.8. The Kier molecular flexibility index (Phi) is 6.81. The van der Waals surface area contributed by atoms with Crippen LogP contribution in [0.1, 0.15) is 48.3 Å². The van der Waals surface area contributed by atoms with Gasteiger partial charge in [-0.05, 0) is 43.9 Å². The highest BCUT2D eigenvalue weighted by Gasteiger charge is 2.15. The smallest absolute Gasteiger partial charge is 0.232 e. The summed E-state index contributed by atoms with van der Waals surface area (Å²) >= 11 is 0. The van der Waals surface area contributed by atoms with Crippen LogP contribution >= 0.6 is 0 Å². The van der Waals surface area contributed by atoms with Crippen molar-refractivity contribution in [2.75, 3.05) is 16.8 Å². The average Bonchev–Trinajstić information content (AvgIpc) is 2.71. The maximum absolute atomic E-state index is 4.79. The first-order valence-corrected chi connectivity index (χ1v) is 10.4. The van der Waals surface area contributed by atoms with Crippen molar-refractivity contribution in [1.82, 2.24) is 15.0 Å². The van der Waals surface area contributed by atoms with Crippen molar-refractivity contribution in [3.63, 3.8) is 0 Å². The van der Waals surface area contributed by atoms with E-state index in [0.717, 1.165) is 43.4 Å². The predicted octanol–water partition coefficient (Wildman–Crippen LogP) is 5.52. The van der Waals surface area contributed by atoms with Crippen LogP contribution in [-0.4, -0.2) is 21.5 Å². The molecule has 1 N–H and O–H groups in total. The first-order chi connectivity index (χ1) is 14.0. The standard InChI is InChI=1S/C24H31N5/c1-6-13-29(16-20-11-9-8-10-12-20)24-26-21(7-2)25-23(28-24)27-22-18(4)14-17(3)15-19(22)5/h8-12,14-15H,6-7,13,16H2,1-5H3,(H,25,26,27,28). The van der Waals surface area contributed by atoms with E-state index in [1.165, 1.54) is 22.3 Å². The van der Waals surface area contributed by atoms with Crippen molar-refractivity contribution in [3.05, 3.63) is 70.5 Å². The second-order valence-corrected chi connectivity index (χ2v) is 7.53. The molecule has 29 heavy (non-hydrogen) atoms. The molecule has 0 unspecified atom stereocenters. The summed E-state index contributed by atoms with van der Waals surface area (Å²) in [5, 5.41) is 3.45. The molecule has 0 fully saturated rings. The van der Waals surface area contributed by atoms with Crippen molar-refractivity contribution in [1.29, 1.82) is 0 Å². The predicted molar refractivity (Wildman–Crippen MR) is 121 cm³/mol. The third kappa shape index (κ3) is 5.31. The van der Waals surface area contributed by atoms with Gasteiger partial charge in [0.1, 0.15) is 5.82 Å². The highest BCUT2D eigenvalue weighted by Crippen LogP contribution is 2.25. The van der Waals surface area contributed by atoms with Crippen LogP contribution in [0.3, 0.4) is 0 Å². The van der Waals surface area contributed by atoms with Crippen LogP contribution in [0.25, 0.3) is 0 Å². The number of nitrogens with zero attached hydrogens (tertiary/aromatic N) is 4. The molecule has 0 amide bonds. The molecule has 0 bridgehead atoms. The quantitative estimate of drug-likeness (QED) is 0.550. The number of rotatable bonds is 8. The van der Waals surface area contributed by atoms with Crippen molar-refractivity contribution >= 4 is 17.6 Å². The molecule has 5 heteroatoms. The summed E-state index contributed by atoms with van der Waals surface area (Å²) in [4.78, 5) is 16.4. The monoisotopic (exact) mass is 389 g/mol. The van der Waals surface area contributed by atoms with E-state index in [-0.39, 0.29) is 0 Å². The molecule has 0 saturated heterocycles. The number of benzene rings is 2. The molecule has 1 aromatic heterocycles. The Morgan fingerprint density at radius 3 is 2.21 bits per heavy atom. The van der Waals surface area contributed by atoms with Gasteiger partial charge < -0.3 is 10.2 Å². The molecule has 3 rings (SSSR count). The van der Waals surface area contributed by atoms with Crippen LogP contribution in [0.4, 0.5) is 17.6 Å². The van der Waals surface area contributed by atoms with E-state index in [1.807, 2.05) is 6.07 Å². The summed E-state index contributed by atoms with van der Waals surface area (Å²) in [6.07, 6.45) is 1.79. The van der Waals surface area contributed by atoms with Gasteiger partial charge in [-0.25, -0.2) is 0 Å². The number of aromatic nitrogens is 3. The maximum Gasteiger partial charge on any atom is 0.232 e. The Bertz CT molecular complexity index is 930. The summed E-state index contributed by atoms with van der Waals surface area (Å²) < 4.78 is 0. The van der Waals surface area contributed by atoms with Gasteiger partial charge in [-0.2, -0.15) is 15.0 Å². The molecule has 3 aromatic rings. The highest BCUT2D eigenvalue weighted by atomic mass is 15.3. The number of hydrogen-bond donors (Lipinski definition) is 1.